The minimum atomic E-state index is -0.809. The van der Waals surface area contributed by atoms with Crippen molar-refractivity contribution in [1.29, 1.82) is 0 Å². The van der Waals surface area contributed by atoms with E-state index >= 15 is 0 Å². The molecule has 22 heavy (non-hydrogen) atoms. The Morgan fingerprint density at radius 3 is 2.41 bits per heavy atom. The lowest BCUT2D eigenvalue weighted by atomic mass is 9.98. The van der Waals surface area contributed by atoms with Crippen LogP contribution in [0.1, 0.15) is 37.4 Å². The summed E-state index contributed by atoms with van der Waals surface area (Å²) < 4.78 is 4.94. The number of Topliss-reactive ketones (excluding diaryl/α,β-unsaturated/α-hetero) is 1. The van der Waals surface area contributed by atoms with E-state index in [1.54, 1.807) is 6.07 Å². The van der Waals surface area contributed by atoms with Crippen LogP contribution in [0.4, 0.5) is 0 Å². The number of ether oxygens (including phenoxy) is 1. The number of H-pyrrole nitrogens is 1. The molecule has 0 bridgehead atoms. The highest BCUT2D eigenvalue weighted by molar-refractivity contribution is 6.00. The average Bonchev–Trinajstić information content (AvgIpc) is 2.48. The van der Waals surface area contributed by atoms with Gasteiger partial charge in [0.1, 0.15) is 5.56 Å². The summed E-state index contributed by atoms with van der Waals surface area (Å²) in [5.41, 5.74) is 2.80. The Bertz CT molecular complexity index is 789. The summed E-state index contributed by atoms with van der Waals surface area (Å²) in [5, 5.41) is 0. The second kappa shape index (κ2) is 6.39. The zero-order chi connectivity index (χ0) is 16.3. The van der Waals surface area contributed by atoms with Gasteiger partial charge in [0.05, 0.1) is 0 Å². The van der Waals surface area contributed by atoms with Crippen molar-refractivity contribution in [2.24, 2.45) is 0 Å². The third kappa shape index (κ3) is 3.31. The highest BCUT2D eigenvalue weighted by atomic mass is 16.5. The number of hydrogen-bond acceptors (Lipinski definition) is 4. The van der Waals surface area contributed by atoms with E-state index in [0.29, 0.717) is 5.56 Å². The van der Waals surface area contributed by atoms with Crippen molar-refractivity contribution >= 4 is 11.8 Å². The average molecular weight is 299 g/mol. The molecule has 0 radical (unpaired) electrons. The Labute approximate surface area is 127 Å². The Morgan fingerprint density at radius 1 is 1.05 bits per heavy atom. The molecule has 2 rings (SSSR count). The number of nitrogens with one attached hydrogen (secondary N) is 1. The zero-order valence-corrected chi connectivity index (χ0v) is 12.7. The summed E-state index contributed by atoms with van der Waals surface area (Å²) in [5.74, 6) is -1.10. The smallest absolute Gasteiger partial charge is 0.344 e. The van der Waals surface area contributed by atoms with Gasteiger partial charge in [-0.25, -0.2) is 4.79 Å². The van der Waals surface area contributed by atoms with Crippen molar-refractivity contribution in [1.82, 2.24) is 4.98 Å². The molecule has 0 fully saturated rings. The maximum atomic E-state index is 12.2. The van der Waals surface area contributed by atoms with Crippen LogP contribution in [0.15, 0.2) is 35.3 Å². The van der Waals surface area contributed by atoms with Gasteiger partial charge in [-0.15, -0.1) is 0 Å². The van der Waals surface area contributed by atoms with Crippen LogP contribution in [0.3, 0.4) is 0 Å². The lowest BCUT2D eigenvalue weighted by Crippen LogP contribution is -2.21. The van der Waals surface area contributed by atoms with Crippen LogP contribution >= 0.6 is 0 Å². The van der Waals surface area contributed by atoms with Gasteiger partial charge in [0.2, 0.25) is 5.78 Å². The summed E-state index contributed by atoms with van der Waals surface area (Å²) in [7, 11) is 0. The Balaban J connectivity index is 2.11. The van der Waals surface area contributed by atoms with Gasteiger partial charge in [-0.2, -0.15) is 0 Å². The first-order valence-corrected chi connectivity index (χ1v) is 6.86. The van der Waals surface area contributed by atoms with Crippen molar-refractivity contribution < 1.29 is 14.3 Å². The van der Waals surface area contributed by atoms with Crippen LogP contribution in [0.5, 0.6) is 0 Å². The van der Waals surface area contributed by atoms with E-state index < -0.39 is 18.1 Å². The van der Waals surface area contributed by atoms with Crippen molar-refractivity contribution in [3.63, 3.8) is 0 Å². The number of carbonyl (C=O) groups excluding carboxylic acids is 2. The quantitative estimate of drug-likeness (QED) is 0.694. The lowest BCUT2D eigenvalue weighted by molar-refractivity contribution is 0.0472. The Morgan fingerprint density at radius 2 is 1.73 bits per heavy atom. The van der Waals surface area contributed by atoms with Crippen molar-refractivity contribution in [2.75, 3.05) is 6.61 Å². The second-order valence-electron chi connectivity index (χ2n) is 5.16. The fraction of sp³-hybridized carbons (Fsp3) is 0.235. The molecule has 0 aliphatic rings. The molecule has 0 saturated carbocycles. The number of hydrogen-bond donors (Lipinski definition) is 1. The number of benzene rings is 1. The van der Waals surface area contributed by atoms with Gasteiger partial charge in [-0.1, -0.05) is 6.07 Å². The molecule has 0 saturated heterocycles. The lowest BCUT2D eigenvalue weighted by Gasteiger charge is -2.09. The largest absolute Gasteiger partial charge is 0.454 e. The van der Waals surface area contributed by atoms with Gasteiger partial charge in [0.15, 0.2) is 6.61 Å². The zero-order valence-electron chi connectivity index (χ0n) is 12.7. The van der Waals surface area contributed by atoms with Gasteiger partial charge in [0, 0.05) is 11.8 Å². The number of esters is 1. The van der Waals surface area contributed by atoms with E-state index in [0.717, 1.165) is 16.7 Å². The molecule has 5 nitrogen and oxygen atoms in total. The minimum Gasteiger partial charge on any atom is -0.454 e. The highest BCUT2D eigenvalue weighted by Crippen LogP contribution is 2.16. The topological polar surface area (TPSA) is 76.2 Å². The molecular weight excluding hydrogens is 282 g/mol. The molecule has 1 aromatic heterocycles. The third-order valence-electron chi connectivity index (χ3n) is 3.51. The SMILES string of the molecule is Cc1cc(C)c(C(=O)COC(=O)c2ccc[nH]c2=O)cc1C. The molecule has 0 atom stereocenters. The van der Waals surface area contributed by atoms with Crippen LogP contribution in [0.25, 0.3) is 0 Å². The maximum absolute atomic E-state index is 12.2. The predicted octanol–water partition coefficient (Wildman–Crippen LogP) is 2.34. The number of pyridine rings is 1. The van der Waals surface area contributed by atoms with E-state index in [4.69, 9.17) is 4.74 Å². The summed E-state index contributed by atoms with van der Waals surface area (Å²) >= 11 is 0. The van der Waals surface area contributed by atoms with Crippen molar-refractivity contribution in [3.8, 4) is 0 Å². The number of ketones is 1. The van der Waals surface area contributed by atoms with E-state index in [9.17, 15) is 14.4 Å². The minimum absolute atomic E-state index is 0.118. The van der Waals surface area contributed by atoms with Crippen LogP contribution in [0.2, 0.25) is 0 Å². The van der Waals surface area contributed by atoms with Gasteiger partial charge in [-0.3, -0.25) is 9.59 Å². The van der Waals surface area contributed by atoms with Gasteiger partial charge in [-0.05, 0) is 55.7 Å². The van der Waals surface area contributed by atoms with Crippen LogP contribution in [-0.2, 0) is 4.74 Å². The van der Waals surface area contributed by atoms with Crippen LogP contribution in [-0.4, -0.2) is 23.3 Å². The first-order valence-electron chi connectivity index (χ1n) is 6.86. The fourth-order valence-electron chi connectivity index (χ4n) is 2.13. The first kappa shape index (κ1) is 15.7. The molecule has 1 aromatic carbocycles. The predicted molar refractivity (Wildman–Crippen MR) is 82.3 cm³/mol. The number of carbonyl (C=O) groups is 2. The maximum Gasteiger partial charge on any atom is 0.344 e. The van der Waals surface area contributed by atoms with E-state index in [2.05, 4.69) is 4.98 Å². The van der Waals surface area contributed by atoms with Gasteiger partial charge in [0.25, 0.3) is 5.56 Å². The molecular formula is C17H17NO4. The summed E-state index contributed by atoms with van der Waals surface area (Å²) in [6, 6.07) is 6.59. The van der Waals surface area contributed by atoms with Crippen molar-refractivity contribution in [3.05, 3.63) is 68.6 Å². The standard InChI is InChI=1S/C17H17NO4/c1-10-7-12(3)14(8-11(10)2)15(19)9-22-17(21)13-5-4-6-18-16(13)20/h4-8H,9H2,1-3H3,(H,18,20). The highest BCUT2D eigenvalue weighted by Gasteiger charge is 2.16. The first-order chi connectivity index (χ1) is 10.4. The fourth-order valence-corrected chi connectivity index (χ4v) is 2.13. The number of aromatic nitrogens is 1. The normalized spacial score (nSPS) is 10.3. The Kier molecular flexibility index (Phi) is 4.56. The van der Waals surface area contributed by atoms with Crippen molar-refractivity contribution in [2.45, 2.75) is 20.8 Å². The van der Waals surface area contributed by atoms with E-state index in [1.807, 2.05) is 26.8 Å². The van der Waals surface area contributed by atoms with E-state index in [-0.39, 0.29) is 11.3 Å². The van der Waals surface area contributed by atoms with Gasteiger partial charge >= 0.3 is 5.97 Å². The summed E-state index contributed by atoms with van der Waals surface area (Å²) in [6.07, 6.45) is 1.42. The molecule has 114 valence electrons. The molecule has 1 heterocycles. The third-order valence-corrected chi connectivity index (χ3v) is 3.51. The number of aryl methyl sites for hydroxylation is 3. The molecule has 0 unspecified atom stereocenters. The Hall–Kier alpha value is -2.69. The molecule has 0 aliphatic heterocycles. The second-order valence-corrected chi connectivity index (χ2v) is 5.16. The monoisotopic (exact) mass is 299 g/mol. The summed E-state index contributed by atoms with van der Waals surface area (Å²) in [6.45, 7) is 5.33. The van der Waals surface area contributed by atoms with Crippen LogP contribution < -0.4 is 5.56 Å². The molecule has 0 amide bonds. The van der Waals surface area contributed by atoms with Crippen LogP contribution in [0, 0.1) is 20.8 Å². The van der Waals surface area contributed by atoms with E-state index in [1.165, 1.54) is 18.3 Å². The molecule has 2 aromatic rings. The molecule has 0 aliphatic carbocycles. The molecule has 5 heteroatoms. The number of rotatable bonds is 4. The molecule has 1 N–H and O–H groups in total. The summed E-state index contributed by atoms with van der Waals surface area (Å²) in [4.78, 5) is 37.9. The molecule has 0 spiro atoms. The number of aromatic amines is 1. The van der Waals surface area contributed by atoms with Gasteiger partial charge < -0.3 is 9.72 Å².